The second kappa shape index (κ2) is 49.3. The molecule has 0 spiro atoms. The fraction of sp³-hybridized carbons (Fsp3) is 0.833. The monoisotopic (exact) mass is 180 g/mol. The Morgan fingerprint density at radius 3 is 1.33 bits per heavy atom. The van der Waals surface area contributed by atoms with E-state index in [9.17, 15) is 0 Å². The quantitative estimate of drug-likeness (QED) is 0.209. The van der Waals surface area contributed by atoms with E-state index >= 15 is 0 Å². The molecule has 0 fully saturated rings. The van der Waals surface area contributed by atoms with Gasteiger partial charge in [0.1, 0.15) is 0 Å². The van der Waals surface area contributed by atoms with E-state index in [1.54, 1.807) is 0 Å². The molecule has 0 saturated heterocycles. The fourth-order valence-electron chi connectivity index (χ4n) is 0.190. The zero-order valence-electron chi connectivity index (χ0n) is 8.52. The highest BCUT2D eigenvalue weighted by Crippen LogP contribution is 1.46. The molecule has 0 heterocycles. The van der Waals surface area contributed by atoms with Gasteiger partial charge >= 0.3 is 0 Å². The Hall–Kier alpha value is -0.850. The topological polar surface area (TPSA) is 140 Å². The van der Waals surface area contributed by atoms with Crippen LogP contribution in [0.3, 0.4) is 0 Å². The predicted molar refractivity (Wildman–Crippen MR) is 55.9 cm³/mol. The third-order valence-electron chi connectivity index (χ3n) is 0.367. The summed E-state index contributed by atoms with van der Waals surface area (Å²) in [6.45, 7) is 2.62. The lowest BCUT2D eigenvalue weighted by Crippen LogP contribution is -2.29. The molecule has 0 aliphatic rings. The first-order valence-electron chi connectivity index (χ1n) is 3.58. The summed E-state index contributed by atoms with van der Waals surface area (Å²) < 4.78 is 0. The third kappa shape index (κ3) is 131. The average molecular weight is 180 g/mol. The first-order valence-corrected chi connectivity index (χ1v) is 3.58. The second-order valence-electron chi connectivity index (χ2n) is 0.944. The molecular formula is C6H24N6. The highest BCUT2D eigenvalue weighted by Gasteiger charge is 1.73. The van der Waals surface area contributed by atoms with Crippen molar-refractivity contribution in [3.05, 3.63) is 0 Å². The fourth-order valence-corrected chi connectivity index (χ4v) is 0.190. The van der Waals surface area contributed by atoms with Gasteiger partial charge in [0.25, 0.3) is 0 Å². The SMILES string of the molecule is CCNC(=N)N.CN.CN.CN. The molecular weight excluding hydrogens is 156 g/mol. The molecule has 0 aromatic carbocycles. The zero-order valence-corrected chi connectivity index (χ0v) is 8.52. The summed E-state index contributed by atoms with van der Waals surface area (Å²) in [5, 5.41) is 9.13. The van der Waals surface area contributed by atoms with Crippen LogP contribution in [0.1, 0.15) is 6.92 Å². The van der Waals surface area contributed by atoms with Crippen LogP contribution in [0, 0.1) is 5.41 Å². The van der Waals surface area contributed by atoms with Crippen LogP contribution in [0.4, 0.5) is 0 Å². The van der Waals surface area contributed by atoms with Gasteiger partial charge in [0.2, 0.25) is 0 Å². The lowest BCUT2D eigenvalue weighted by molar-refractivity contribution is 0.945. The van der Waals surface area contributed by atoms with Crippen LogP contribution in [-0.4, -0.2) is 33.6 Å². The number of hydrogen-bond acceptors (Lipinski definition) is 4. The first-order chi connectivity index (χ1) is 5.77. The molecule has 6 heteroatoms. The van der Waals surface area contributed by atoms with Gasteiger partial charge in [-0.1, -0.05) is 0 Å². The molecule has 0 aliphatic carbocycles. The lowest BCUT2D eigenvalue weighted by atomic mass is 10.7. The van der Waals surface area contributed by atoms with E-state index in [2.05, 4.69) is 22.5 Å². The molecule has 0 bridgehead atoms. The zero-order chi connectivity index (χ0) is 11.0. The Labute approximate surface area is 75.2 Å². The van der Waals surface area contributed by atoms with E-state index in [0.717, 1.165) is 6.54 Å². The molecule has 6 nitrogen and oxygen atoms in total. The van der Waals surface area contributed by atoms with Crippen molar-refractivity contribution in [1.29, 1.82) is 5.41 Å². The van der Waals surface area contributed by atoms with Crippen molar-refractivity contribution in [2.45, 2.75) is 6.92 Å². The van der Waals surface area contributed by atoms with Crippen molar-refractivity contribution in [3.8, 4) is 0 Å². The van der Waals surface area contributed by atoms with Crippen LogP contribution in [0.15, 0.2) is 0 Å². The van der Waals surface area contributed by atoms with Gasteiger partial charge in [0.05, 0.1) is 0 Å². The Kier molecular flexibility index (Phi) is 92.4. The normalized spacial score (nSPS) is 5.25. The van der Waals surface area contributed by atoms with E-state index in [-0.39, 0.29) is 5.96 Å². The Morgan fingerprint density at radius 1 is 1.08 bits per heavy atom. The van der Waals surface area contributed by atoms with Crippen molar-refractivity contribution in [1.82, 2.24) is 5.32 Å². The Bertz CT molecular complexity index is 56.0. The summed E-state index contributed by atoms with van der Waals surface area (Å²) in [6, 6.07) is 0. The molecule has 0 rings (SSSR count). The average Bonchev–Trinajstić information content (AvgIpc) is 2.14. The van der Waals surface area contributed by atoms with Gasteiger partial charge in [-0.15, -0.1) is 0 Å². The summed E-state index contributed by atoms with van der Waals surface area (Å²) in [4.78, 5) is 0. The van der Waals surface area contributed by atoms with Crippen LogP contribution in [0.5, 0.6) is 0 Å². The number of nitrogens with two attached hydrogens (primary N) is 4. The van der Waals surface area contributed by atoms with Crippen molar-refractivity contribution < 1.29 is 0 Å². The van der Waals surface area contributed by atoms with Crippen LogP contribution < -0.4 is 28.3 Å². The number of rotatable bonds is 1. The molecule has 12 heavy (non-hydrogen) atoms. The van der Waals surface area contributed by atoms with E-state index in [1.165, 1.54) is 21.1 Å². The first kappa shape index (κ1) is 22.5. The number of hydrogen-bond donors (Lipinski definition) is 6. The minimum absolute atomic E-state index is 0.0394. The highest BCUT2D eigenvalue weighted by molar-refractivity contribution is 5.74. The summed E-state index contributed by atoms with van der Waals surface area (Å²) >= 11 is 0. The Morgan fingerprint density at radius 2 is 1.33 bits per heavy atom. The van der Waals surface area contributed by atoms with E-state index in [1.807, 2.05) is 6.92 Å². The summed E-state index contributed by atoms with van der Waals surface area (Å²) in [5.41, 5.74) is 18.4. The summed E-state index contributed by atoms with van der Waals surface area (Å²) in [7, 11) is 4.50. The standard InChI is InChI=1S/C3H9N3.3CH5N/c1-2-6-3(4)5;3*1-2/h2H2,1H3,(H4,4,5,6);3*2H2,1H3. The minimum atomic E-state index is 0.0394. The van der Waals surface area contributed by atoms with Gasteiger partial charge in [-0.3, -0.25) is 5.41 Å². The Balaban J connectivity index is -0.0000000453. The maximum absolute atomic E-state index is 6.56. The molecule has 0 aromatic heterocycles. The van der Waals surface area contributed by atoms with E-state index < -0.39 is 0 Å². The largest absolute Gasteiger partial charge is 0.370 e. The number of guanidine groups is 1. The van der Waals surface area contributed by atoms with Gasteiger partial charge < -0.3 is 28.3 Å². The van der Waals surface area contributed by atoms with Gasteiger partial charge in [0.15, 0.2) is 5.96 Å². The molecule has 0 atom stereocenters. The van der Waals surface area contributed by atoms with Crippen molar-refractivity contribution in [3.63, 3.8) is 0 Å². The second-order valence-corrected chi connectivity index (χ2v) is 0.944. The van der Waals surface area contributed by atoms with Gasteiger partial charge in [-0.2, -0.15) is 0 Å². The molecule has 0 unspecified atom stereocenters. The van der Waals surface area contributed by atoms with Crippen LogP contribution >= 0.6 is 0 Å². The van der Waals surface area contributed by atoms with E-state index in [0.29, 0.717) is 0 Å². The van der Waals surface area contributed by atoms with Crippen molar-refractivity contribution in [2.24, 2.45) is 22.9 Å². The molecule has 10 N–H and O–H groups in total. The molecule has 0 saturated carbocycles. The molecule has 78 valence electrons. The van der Waals surface area contributed by atoms with Crippen LogP contribution in [0.25, 0.3) is 0 Å². The predicted octanol–water partition coefficient (Wildman–Crippen LogP) is -1.79. The lowest BCUT2D eigenvalue weighted by Gasteiger charge is -1.92. The van der Waals surface area contributed by atoms with E-state index in [4.69, 9.17) is 11.1 Å². The minimum Gasteiger partial charge on any atom is -0.370 e. The van der Waals surface area contributed by atoms with Crippen LogP contribution in [-0.2, 0) is 0 Å². The van der Waals surface area contributed by atoms with Gasteiger partial charge in [-0.25, -0.2) is 0 Å². The highest BCUT2D eigenvalue weighted by atomic mass is 15.0. The maximum Gasteiger partial charge on any atom is 0.185 e. The third-order valence-corrected chi connectivity index (χ3v) is 0.367. The van der Waals surface area contributed by atoms with Crippen molar-refractivity contribution in [2.75, 3.05) is 27.7 Å². The molecule has 0 aliphatic heterocycles. The maximum atomic E-state index is 6.56. The van der Waals surface area contributed by atoms with Crippen LogP contribution in [0.2, 0.25) is 0 Å². The summed E-state index contributed by atoms with van der Waals surface area (Å²) in [5.74, 6) is 0.0394. The smallest absolute Gasteiger partial charge is 0.185 e. The molecule has 0 aromatic rings. The summed E-state index contributed by atoms with van der Waals surface area (Å²) in [6.07, 6.45) is 0. The van der Waals surface area contributed by atoms with Crippen molar-refractivity contribution >= 4 is 5.96 Å². The molecule has 0 radical (unpaired) electrons. The number of nitrogens with one attached hydrogen (secondary N) is 2. The van der Waals surface area contributed by atoms with Gasteiger partial charge in [0, 0.05) is 6.54 Å². The van der Waals surface area contributed by atoms with Gasteiger partial charge in [-0.05, 0) is 28.1 Å². The molecule has 0 amide bonds.